The minimum Gasteiger partial charge on any atom is -0.480 e. The van der Waals surface area contributed by atoms with E-state index in [1.54, 1.807) is 17.0 Å². The van der Waals surface area contributed by atoms with Gasteiger partial charge in [0.2, 0.25) is 0 Å². The van der Waals surface area contributed by atoms with E-state index in [2.05, 4.69) is 10.2 Å². The van der Waals surface area contributed by atoms with Crippen molar-refractivity contribution in [3.05, 3.63) is 39.9 Å². The summed E-state index contributed by atoms with van der Waals surface area (Å²) in [6.45, 7) is 2.68. The Balaban J connectivity index is 2.14. The SMILES string of the molecule is O=C(O)CNC(Cc1ccc([N+](=O)[O-])cc1)CN1CCN(CCN(CC(=O)O)CC(=O)O)CCN(CC(=O)O)CC1. The molecule has 1 aromatic carbocycles. The number of hydrogen-bond acceptors (Lipinski definition) is 11. The predicted molar refractivity (Wildman–Crippen MR) is 145 cm³/mol. The maximum atomic E-state index is 11.4. The Kier molecular flexibility index (Phi) is 14.0. The fourth-order valence-corrected chi connectivity index (χ4v) is 4.60. The molecule has 1 fully saturated rings. The van der Waals surface area contributed by atoms with Gasteiger partial charge in [-0.25, -0.2) is 0 Å². The van der Waals surface area contributed by atoms with Crippen molar-refractivity contribution >= 4 is 29.6 Å². The first-order chi connectivity index (χ1) is 19.4. The summed E-state index contributed by atoms with van der Waals surface area (Å²) in [7, 11) is 0. The number of hydrogen-bond donors (Lipinski definition) is 5. The quantitative estimate of drug-likeness (QED) is 0.106. The molecule has 0 aromatic heterocycles. The molecule has 0 radical (unpaired) electrons. The Morgan fingerprint density at radius 2 is 1.37 bits per heavy atom. The normalized spacial score (nSPS) is 16.4. The molecule has 1 saturated heterocycles. The summed E-state index contributed by atoms with van der Waals surface area (Å²) >= 11 is 0. The standard InChI is InChI=1S/C25H38N6O10/c32-22(33)14-26-20(13-19-1-3-21(4-2-19)31(40)41)15-28-8-5-27(6-9-29(11-10-28)16-23(34)35)7-12-30(17-24(36)37)18-25(38)39/h1-4,20,26H,5-18H2,(H,32,33)(H,34,35)(H,36,37)(H,38,39). The Morgan fingerprint density at radius 1 is 0.829 bits per heavy atom. The van der Waals surface area contributed by atoms with Crippen molar-refractivity contribution in [1.82, 2.24) is 24.9 Å². The summed E-state index contributed by atoms with van der Waals surface area (Å²) in [5.74, 6) is -4.28. The van der Waals surface area contributed by atoms with Gasteiger partial charge in [-0.2, -0.15) is 0 Å². The molecular weight excluding hydrogens is 544 g/mol. The van der Waals surface area contributed by atoms with Gasteiger partial charge in [0.25, 0.3) is 5.69 Å². The molecule has 5 N–H and O–H groups in total. The van der Waals surface area contributed by atoms with Crippen LogP contribution in [0.15, 0.2) is 24.3 Å². The predicted octanol–water partition coefficient (Wildman–Crippen LogP) is -1.34. The van der Waals surface area contributed by atoms with Gasteiger partial charge >= 0.3 is 23.9 Å². The van der Waals surface area contributed by atoms with Crippen LogP contribution < -0.4 is 5.32 Å². The van der Waals surface area contributed by atoms with Gasteiger partial charge in [-0.1, -0.05) is 12.1 Å². The number of carboxylic acids is 4. The fourth-order valence-electron chi connectivity index (χ4n) is 4.60. The molecule has 1 unspecified atom stereocenters. The maximum absolute atomic E-state index is 11.4. The zero-order valence-corrected chi connectivity index (χ0v) is 22.8. The lowest BCUT2D eigenvalue weighted by Crippen LogP contribution is -2.47. The monoisotopic (exact) mass is 582 g/mol. The molecule has 0 bridgehead atoms. The van der Waals surface area contributed by atoms with Crippen LogP contribution in [0.4, 0.5) is 5.69 Å². The van der Waals surface area contributed by atoms with Crippen molar-refractivity contribution in [2.75, 3.05) is 85.1 Å². The van der Waals surface area contributed by atoms with E-state index in [0.717, 1.165) is 5.56 Å². The molecule has 1 heterocycles. The summed E-state index contributed by atoms with van der Waals surface area (Å²) in [5, 5.41) is 50.8. The van der Waals surface area contributed by atoms with E-state index in [4.69, 9.17) is 10.2 Å². The lowest BCUT2D eigenvalue weighted by molar-refractivity contribution is -0.384. The van der Waals surface area contributed by atoms with Crippen molar-refractivity contribution in [1.29, 1.82) is 0 Å². The first-order valence-corrected chi connectivity index (χ1v) is 13.1. The Labute approximate surface area is 236 Å². The molecule has 1 aromatic rings. The zero-order valence-electron chi connectivity index (χ0n) is 22.8. The molecule has 16 nitrogen and oxygen atoms in total. The molecule has 1 atom stereocenters. The van der Waals surface area contributed by atoms with Crippen LogP contribution >= 0.6 is 0 Å². The van der Waals surface area contributed by atoms with Gasteiger partial charge in [-0.15, -0.1) is 0 Å². The summed E-state index contributed by atoms with van der Waals surface area (Å²) in [6, 6.07) is 5.72. The first kappa shape index (κ1) is 33.5. The number of nitrogens with one attached hydrogen (secondary N) is 1. The van der Waals surface area contributed by atoms with Gasteiger partial charge < -0.3 is 25.7 Å². The first-order valence-electron chi connectivity index (χ1n) is 13.1. The number of rotatable bonds is 17. The van der Waals surface area contributed by atoms with Crippen molar-refractivity contribution in [2.45, 2.75) is 12.5 Å². The van der Waals surface area contributed by atoms with E-state index >= 15 is 0 Å². The van der Waals surface area contributed by atoms with Crippen molar-refractivity contribution in [2.24, 2.45) is 0 Å². The van der Waals surface area contributed by atoms with Gasteiger partial charge in [0.15, 0.2) is 0 Å². The van der Waals surface area contributed by atoms with E-state index < -0.39 is 41.9 Å². The minimum absolute atomic E-state index is 0.0484. The highest BCUT2D eigenvalue weighted by atomic mass is 16.6. The Hall–Kier alpha value is -3.70. The highest BCUT2D eigenvalue weighted by Crippen LogP contribution is 2.14. The average molecular weight is 583 g/mol. The average Bonchev–Trinajstić information content (AvgIpc) is 2.96. The van der Waals surface area contributed by atoms with Gasteiger partial charge in [-0.3, -0.25) is 48.9 Å². The number of nitrogens with zero attached hydrogens (tertiary/aromatic N) is 5. The van der Waals surface area contributed by atoms with Crippen LogP contribution in [0.2, 0.25) is 0 Å². The molecule has 0 amide bonds. The third-order valence-corrected chi connectivity index (χ3v) is 6.66. The Bertz CT molecular complexity index is 1020. The van der Waals surface area contributed by atoms with E-state index in [1.165, 1.54) is 17.0 Å². The topological polar surface area (TPSA) is 217 Å². The number of benzene rings is 1. The number of aliphatic carboxylic acids is 4. The molecule has 1 aliphatic rings. The Morgan fingerprint density at radius 3 is 1.85 bits per heavy atom. The van der Waals surface area contributed by atoms with Crippen LogP contribution in [0.5, 0.6) is 0 Å². The minimum atomic E-state index is -1.14. The number of non-ortho nitro benzene ring substituents is 1. The summed E-state index contributed by atoms with van der Waals surface area (Å²) in [6.07, 6.45) is 0.406. The second kappa shape index (κ2) is 17.2. The van der Waals surface area contributed by atoms with Crippen LogP contribution in [0.3, 0.4) is 0 Å². The number of carbonyl (C=O) groups is 4. The molecule has 0 saturated carbocycles. The van der Waals surface area contributed by atoms with Crippen LogP contribution in [-0.2, 0) is 25.6 Å². The van der Waals surface area contributed by atoms with Gasteiger partial charge in [-0.05, 0) is 12.0 Å². The summed E-state index contributed by atoms with van der Waals surface area (Å²) < 4.78 is 0. The lowest BCUT2D eigenvalue weighted by Gasteiger charge is -2.30. The molecule has 16 heteroatoms. The van der Waals surface area contributed by atoms with Crippen molar-refractivity contribution < 1.29 is 44.5 Å². The van der Waals surface area contributed by atoms with Gasteiger partial charge in [0, 0.05) is 77.1 Å². The highest BCUT2D eigenvalue weighted by Gasteiger charge is 2.22. The molecule has 2 rings (SSSR count). The van der Waals surface area contributed by atoms with Crippen molar-refractivity contribution in [3.8, 4) is 0 Å². The second-order valence-corrected chi connectivity index (χ2v) is 9.91. The van der Waals surface area contributed by atoms with Gasteiger partial charge in [0.05, 0.1) is 31.1 Å². The van der Waals surface area contributed by atoms with E-state index in [1.807, 2.05) is 4.90 Å². The van der Waals surface area contributed by atoms with E-state index in [-0.39, 0.29) is 31.4 Å². The molecule has 228 valence electrons. The number of carboxylic acid groups (broad SMARTS) is 4. The van der Waals surface area contributed by atoms with E-state index in [9.17, 15) is 39.5 Å². The van der Waals surface area contributed by atoms with Crippen LogP contribution in [0.25, 0.3) is 0 Å². The molecule has 0 spiro atoms. The third kappa shape index (κ3) is 14.0. The molecule has 41 heavy (non-hydrogen) atoms. The molecular formula is C25H38N6O10. The number of nitro benzene ring substituents is 1. The summed E-state index contributed by atoms with van der Waals surface area (Å²) in [4.78, 5) is 62.7. The molecule has 1 aliphatic heterocycles. The van der Waals surface area contributed by atoms with Crippen LogP contribution in [0.1, 0.15) is 5.56 Å². The third-order valence-electron chi connectivity index (χ3n) is 6.66. The van der Waals surface area contributed by atoms with Crippen molar-refractivity contribution in [3.63, 3.8) is 0 Å². The van der Waals surface area contributed by atoms with Crippen LogP contribution in [-0.4, -0.2) is 160 Å². The fraction of sp³-hybridized carbons (Fsp3) is 0.600. The second-order valence-electron chi connectivity index (χ2n) is 9.91. The maximum Gasteiger partial charge on any atom is 0.317 e. The largest absolute Gasteiger partial charge is 0.480 e. The van der Waals surface area contributed by atoms with E-state index in [0.29, 0.717) is 58.8 Å². The number of nitro groups is 1. The summed E-state index contributed by atoms with van der Waals surface area (Å²) in [5.41, 5.74) is 0.738. The lowest BCUT2D eigenvalue weighted by atomic mass is 10.0. The highest BCUT2D eigenvalue weighted by molar-refractivity contribution is 5.72. The molecule has 0 aliphatic carbocycles. The van der Waals surface area contributed by atoms with Crippen LogP contribution in [0, 0.1) is 10.1 Å². The zero-order chi connectivity index (χ0) is 30.4. The van der Waals surface area contributed by atoms with Gasteiger partial charge in [0.1, 0.15) is 0 Å². The smallest absolute Gasteiger partial charge is 0.317 e.